The first-order valence-corrected chi connectivity index (χ1v) is 3.97. The van der Waals surface area contributed by atoms with Crippen LogP contribution in [0.3, 0.4) is 0 Å². The average Bonchev–Trinajstić information content (AvgIpc) is 2.48. The molecule has 0 radical (unpaired) electrons. The molecule has 2 saturated heterocycles. The predicted octanol–water partition coefficient (Wildman–Crippen LogP) is 1.11. The van der Waals surface area contributed by atoms with Gasteiger partial charge >= 0.3 is 0 Å². The summed E-state index contributed by atoms with van der Waals surface area (Å²) in [6.07, 6.45) is 2.58. The summed E-state index contributed by atoms with van der Waals surface area (Å²) in [4.78, 5) is 0. The van der Waals surface area contributed by atoms with E-state index < -0.39 is 0 Å². The highest BCUT2D eigenvalue weighted by Gasteiger charge is 2.38. The second-order valence-electron chi connectivity index (χ2n) is 3.32. The maximum absolute atomic E-state index is 4.06. The van der Waals surface area contributed by atoms with E-state index in [0.29, 0.717) is 5.54 Å². The van der Waals surface area contributed by atoms with Crippen LogP contribution < -0.4 is 10.6 Å². The van der Waals surface area contributed by atoms with Gasteiger partial charge in [-0.25, -0.2) is 0 Å². The molecule has 1 atom stereocenters. The molecular weight excluding hydrogens is 195 g/mol. The van der Waals surface area contributed by atoms with Crippen LogP contribution in [0.1, 0.15) is 12.8 Å². The first kappa shape index (κ1) is 12.2. The second-order valence-corrected chi connectivity index (χ2v) is 3.32. The molecule has 0 saturated carbocycles. The van der Waals surface area contributed by atoms with Crippen LogP contribution in [-0.4, -0.2) is 25.2 Å². The van der Waals surface area contributed by atoms with Gasteiger partial charge in [-0.15, -0.1) is 24.8 Å². The van der Waals surface area contributed by atoms with Crippen molar-refractivity contribution in [1.29, 1.82) is 0 Å². The average molecular weight is 211 g/mol. The minimum Gasteiger partial charge on any atom is -0.311 e. The van der Waals surface area contributed by atoms with Gasteiger partial charge in [0.05, 0.1) is 5.54 Å². The Morgan fingerprint density at radius 2 is 2.08 bits per heavy atom. The molecule has 2 aliphatic rings. The van der Waals surface area contributed by atoms with E-state index >= 15 is 0 Å². The number of hydrogen-bond donors (Lipinski definition) is 2. The van der Waals surface area contributed by atoms with Gasteiger partial charge in [-0.05, 0) is 25.0 Å². The van der Waals surface area contributed by atoms with Crippen molar-refractivity contribution in [1.82, 2.24) is 10.6 Å². The zero-order valence-corrected chi connectivity index (χ0v) is 8.69. The molecule has 2 N–H and O–H groups in total. The normalized spacial score (nSPS) is 33.2. The monoisotopic (exact) mass is 210 g/mol. The molecule has 1 unspecified atom stereocenters. The van der Waals surface area contributed by atoms with E-state index in [1.54, 1.807) is 0 Å². The molecule has 2 rings (SSSR count). The standard InChI is InChI=1S/C8H14N2.2ClH/c1-7-5-9-6-8(7)3-2-4-10-8;;/h9-10H,1-6H2;2*1H. The molecule has 12 heavy (non-hydrogen) atoms. The van der Waals surface area contributed by atoms with Crippen LogP contribution in [0.25, 0.3) is 0 Å². The minimum absolute atomic E-state index is 0. The smallest absolute Gasteiger partial charge is 0.0530 e. The van der Waals surface area contributed by atoms with Gasteiger partial charge in [0.15, 0.2) is 0 Å². The summed E-state index contributed by atoms with van der Waals surface area (Å²) < 4.78 is 0. The summed E-state index contributed by atoms with van der Waals surface area (Å²) >= 11 is 0. The fourth-order valence-corrected chi connectivity index (χ4v) is 1.98. The van der Waals surface area contributed by atoms with Crippen molar-refractivity contribution in [2.45, 2.75) is 18.4 Å². The van der Waals surface area contributed by atoms with Gasteiger partial charge < -0.3 is 10.6 Å². The summed E-state index contributed by atoms with van der Waals surface area (Å²) in [5.41, 5.74) is 1.64. The van der Waals surface area contributed by atoms with Crippen molar-refractivity contribution in [2.24, 2.45) is 0 Å². The first-order chi connectivity index (χ1) is 4.83. The van der Waals surface area contributed by atoms with Crippen molar-refractivity contribution < 1.29 is 0 Å². The third kappa shape index (κ3) is 1.77. The third-order valence-corrected chi connectivity index (χ3v) is 2.69. The lowest BCUT2D eigenvalue weighted by atomic mass is 9.93. The Labute approximate surface area is 86.0 Å². The molecule has 2 fully saturated rings. The van der Waals surface area contributed by atoms with Gasteiger partial charge in [0.2, 0.25) is 0 Å². The van der Waals surface area contributed by atoms with E-state index in [4.69, 9.17) is 0 Å². The maximum Gasteiger partial charge on any atom is 0.0530 e. The fraction of sp³-hybridized carbons (Fsp3) is 0.750. The maximum atomic E-state index is 4.06. The van der Waals surface area contributed by atoms with Gasteiger partial charge in [0.25, 0.3) is 0 Å². The lowest BCUT2D eigenvalue weighted by molar-refractivity contribution is 0.479. The van der Waals surface area contributed by atoms with E-state index in [9.17, 15) is 0 Å². The SMILES string of the molecule is C=C1CNCC12CCCN2.Cl.Cl. The van der Waals surface area contributed by atoms with Gasteiger partial charge in [0, 0.05) is 13.1 Å². The predicted molar refractivity (Wildman–Crippen MR) is 56.5 cm³/mol. The Bertz CT molecular complexity index is 159. The van der Waals surface area contributed by atoms with Crippen LogP contribution >= 0.6 is 24.8 Å². The molecule has 2 nitrogen and oxygen atoms in total. The first-order valence-electron chi connectivity index (χ1n) is 3.97. The summed E-state index contributed by atoms with van der Waals surface area (Å²) in [5.74, 6) is 0. The Balaban J connectivity index is 0.000000605. The quantitative estimate of drug-likeness (QED) is 0.586. The topological polar surface area (TPSA) is 24.1 Å². The number of nitrogens with one attached hydrogen (secondary N) is 2. The number of rotatable bonds is 0. The summed E-state index contributed by atoms with van der Waals surface area (Å²) in [5, 5.41) is 6.86. The van der Waals surface area contributed by atoms with Gasteiger partial charge in [-0.1, -0.05) is 6.58 Å². The molecule has 2 heterocycles. The number of halogens is 2. The highest BCUT2D eigenvalue weighted by Crippen LogP contribution is 2.28. The van der Waals surface area contributed by atoms with Crippen LogP contribution in [-0.2, 0) is 0 Å². The van der Waals surface area contributed by atoms with Gasteiger partial charge in [-0.2, -0.15) is 0 Å². The van der Waals surface area contributed by atoms with Gasteiger partial charge in [0.1, 0.15) is 0 Å². The highest BCUT2D eigenvalue weighted by atomic mass is 35.5. The largest absolute Gasteiger partial charge is 0.311 e. The van der Waals surface area contributed by atoms with Crippen LogP contribution in [0.5, 0.6) is 0 Å². The minimum atomic E-state index is 0. The van der Waals surface area contributed by atoms with Crippen LogP contribution in [0, 0.1) is 0 Å². The van der Waals surface area contributed by atoms with Crippen LogP contribution in [0.15, 0.2) is 12.2 Å². The molecular formula is C8H16Cl2N2. The number of hydrogen-bond acceptors (Lipinski definition) is 2. The second kappa shape index (κ2) is 4.47. The molecule has 72 valence electrons. The summed E-state index contributed by atoms with van der Waals surface area (Å²) in [6, 6.07) is 0. The Hall–Kier alpha value is 0.240. The lowest BCUT2D eigenvalue weighted by Crippen LogP contribution is -2.42. The molecule has 0 amide bonds. The zero-order chi connectivity index (χ0) is 7.03. The van der Waals surface area contributed by atoms with E-state index in [0.717, 1.165) is 13.1 Å². The zero-order valence-electron chi connectivity index (χ0n) is 7.06. The molecule has 2 aliphatic heterocycles. The van der Waals surface area contributed by atoms with E-state index in [-0.39, 0.29) is 24.8 Å². The molecule has 0 aromatic heterocycles. The van der Waals surface area contributed by atoms with Crippen LogP contribution in [0.2, 0.25) is 0 Å². The third-order valence-electron chi connectivity index (χ3n) is 2.69. The molecule has 1 spiro atoms. The fourth-order valence-electron chi connectivity index (χ4n) is 1.98. The Morgan fingerprint density at radius 1 is 1.33 bits per heavy atom. The lowest BCUT2D eigenvalue weighted by Gasteiger charge is -2.23. The summed E-state index contributed by atoms with van der Waals surface area (Å²) in [7, 11) is 0. The highest BCUT2D eigenvalue weighted by molar-refractivity contribution is 5.85. The van der Waals surface area contributed by atoms with Crippen molar-refractivity contribution in [3.8, 4) is 0 Å². The molecule has 0 aliphatic carbocycles. The van der Waals surface area contributed by atoms with E-state index in [2.05, 4.69) is 17.2 Å². The van der Waals surface area contributed by atoms with Crippen molar-refractivity contribution in [2.75, 3.05) is 19.6 Å². The Morgan fingerprint density at radius 3 is 2.50 bits per heavy atom. The van der Waals surface area contributed by atoms with E-state index in [1.807, 2.05) is 0 Å². The van der Waals surface area contributed by atoms with Crippen LogP contribution in [0.4, 0.5) is 0 Å². The Kier molecular flexibility index (Phi) is 4.56. The van der Waals surface area contributed by atoms with Crippen molar-refractivity contribution >= 4 is 24.8 Å². The molecule has 4 heteroatoms. The van der Waals surface area contributed by atoms with Crippen molar-refractivity contribution in [3.05, 3.63) is 12.2 Å². The molecule has 0 aromatic rings. The van der Waals surface area contributed by atoms with Crippen molar-refractivity contribution in [3.63, 3.8) is 0 Å². The van der Waals surface area contributed by atoms with Gasteiger partial charge in [-0.3, -0.25) is 0 Å². The molecule has 0 bridgehead atoms. The van der Waals surface area contributed by atoms with E-state index in [1.165, 1.54) is 25.0 Å². The molecule has 0 aromatic carbocycles. The summed E-state index contributed by atoms with van der Waals surface area (Å²) in [6.45, 7) is 7.33.